The maximum Gasteiger partial charge on any atom is 0.416 e. The van der Waals surface area contributed by atoms with Crippen LogP contribution in [0.25, 0.3) is 0 Å². The van der Waals surface area contributed by atoms with Gasteiger partial charge in [0.05, 0.1) is 5.56 Å². The smallest absolute Gasteiger partial charge is 0.330 e. The second kappa shape index (κ2) is 5.32. The van der Waals surface area contributed by atoms with Crippen molar-refractivity contribution in [3.63, 3.8) is 0 Å². The van der Waals surface area contributed by atoms with Gasteiger partial charge in [0.2, 0.25) is 0 Å². The van der Waals surface area contributed by atoms with Gasteiger partial charge in [-0.1, -0.05) is 12.1 Å². The van der Waals surface area contributed by atoms with E-state index in [1.165, 1.54) is 6.07 Å². The number of rotatable bonds is 4. The van der Waals surface area contributed by atoms with Gasteiger partial charge < -0.3 is 11.5 Å². The molecule has 0 saturated heterocycles. The summed E-state index contributed by atoms with van der Waals surface area (Å²) >= 11 is 0. The van der Waals surface area contributed by atoms with Crippen LogP contribution in [0.3, 0.4) is 0 Å². The Morgan fingerprint density at radius 3 is 2.50 bits per heavy atom. The maximum absolute atomic E-state index is 12.4. The largest absolute Gasteiger partial charge is 0.416 e. The van der Waals surface area contributed by atoms with Crippen molar-refractivity contribution in [2.45, 2.75) is 25.1 Å². The average Bonchev–Trinajstić information content (AvgIpc) is 2.25. The molecule has 0 aliphatic heterocycles. The van der Waals surface area contributed by atoms with E-state index in [4.69, 9.17) is 11.5 Å². The van der Waals surface area contributed by atoms with Gasteiger partial charge in [0.15, 0.2) is 0 Å². The van der Waals surface area contributed by atoms with Crippen LogP contribution in [-0.2, 0) is 6.18 Å². The van der Waals surface area contributed by atoms with Crippen molar-refractivity contribution in [3.05, 3.63) is 35.4 Å². The number of halogens is 3. The molecular formula is C11H15F3N2. The monoisotopic (exact) mass is 232 g/mol. The molecule has 0 bridgehead atoms. The molecule has 0 fully saturated rings. The summed E-state index contributed by atoms with van der Waals surface area (Å²) in [5, 5.41) is 0. The third-order valence-electron chi connectivity index (χ3n) is 2.36. The molecule has 1 aromatic rings. The van der Waals surface area contributed by atoms with E-state index in [9.17, 15) is 13.2 Å². The minimum atomic E-state index is -4.32. The highest BCUT2D eigenvalue weighted by Crippen LogP contribution is 2.30. The predicted molar refractivity (Wildman–Crippen MR) is 56.7 cm³/mol. The minimum Gasteiger partial charge on any atom is -0.330 e. The summed E-state index contributed by atoms with van der Waals surface area (Å²) in [6, 6.07) is 4.74. The Hall–Kier alpha value is -1.07. The van der Waals surface area contributed by atoms with Gasteiger partial charge in [-0.2, -0.15) is 13.2 Å². The molecule has 0 aromatic heterocycles. The third-order valence-corrected chi connectivity index (χ3v) is 2.36. The van der Waals surface area contributed by atoms with Gasteiger partial charge in [-0.15, -0.1) is 0 Å². The first kappa shape index (κ1) is 13.0. The van der Waals surface area contributed by atoms with Crippen LogP contribution in [-0.4, -0.2) is 6.54 Å². The second-order valence-corrected chi connectivity index (χ2v) is 3.66. The molecule has 90 valence electrons. The number of hydrogen-bond donors (Lipinski definition) is 2. The fourth-order valence-corrected chi connectivity index (χ4v) is 1.45. The van der Waals surface area contributed by atoms with Gasteiger partial charge in [0.1, 0.15) is 0 Å². The highest BCUT2D eigenvalue weighted by Gasteiger charge is 2.30. The van der Waals surface area contributed by atoms with Gasteiger partial charge in [0.25, 0.3) is 0 Å². The number of hydrogen-bond acceptors (Lipinski definition) is 2. The lowest BCUT2D eigenvalue weighted by molar-refractivity contribution is -0.137. The molecule has 5 heteroatoms. The summed E-state index contributed by atoms with van der Waals surface area (Å²) in [6.07, 6.45) is -3.02. The van der Waals surface area contributed by atoms with Crippen LogP contribution in [0, 0.1) is 0 Å². The average molecular weight is 232 g/mol. The molecular weight excluding hydrogens is 217 g/mol. The minimum absolute atomic E-state index is 0.383. The van der Waals surface area contributed by atoms with Crippen LogP contribution in [0.2, 0.25) is 0 Å². The van der Waals surface area contributed by atoms with Gasteiger partial charge in [-0.25, -0.2) is 0 Å². The third kappa shape index (κ3) is 3.50. The summed E-state index contributed by atoms with van der Waals surface area (Å²) in [5.74, 6) is 0. The molecule has 4 N–H and O–H groups in total. The Bertz CT molecular complexity index is 336. The molecule has 1 atom stereocenters. The molecule has 1 aromatic carbocycles. The van der Waals surface area contributed by atoms with E-state index in [1.54, 1.807) is 6.07 Å². The van der Waals surface area contributed by atoms with E-state index in [1.807, 2.05) is 0 Å². The summed E-state index contributed by atoms with van der Waals surface area (Å²) in [5.41, 5.74) is 10.9. The van der Waals surface area contributed by atoms with Crippen LogP contribution in [0.1, 0.15) is 30.0 Å². The lowest BCUT2D eigenvalue weighted by atomic mass is 10.0. The van der Waals surface area contributed by atoms with Crippen molar-refractivity contribution in [1.29, 1.82) is 0 Å². The quantitative estimate of drug-likeness (QED) is 0.837. The van der Waals surface area contributed by atoms with E-state index in [0.717, 1.165) is 12.1 Å². The van der Waals surface area contributed by atoms with Crippen LogP contribution in [0.4, 0.5) is 13.2 Å². The molecule has 16 heavy (non-hydrogen) atoms. The molecule has 2 nitrogen and oxygen atoms in total. The van der Waals surface area contributed by atoms with Crippen LogP contribution < -0.4 is 11.5 Å². The van der Waals surface area contributed by atoms with Crippen molar-refractivity contribution in [2.75, 3.05) is 6.54 Å². The first-order valence-electron chi connectivity index (χ1n) is 5.08. The Morgan fingerprint density at radius 2 is 1.94 bits per heavy atom. The lowest BCUT2D eigenvalue weighted by Gasteiger charge is -2.14. The van der Waals surface area contributed by atoms with E-state index < -0.39 is 11.7 Å². The van der Waals surface area contributed by atoms with Gasteiger partial charge in [-0.05, 0) is 37.1 Å². The van der Waals surface area contributed by atoms with Crippen LogP contribution in [0.15, 0.2) is 24.3 Å². The predicted octanol–water partition coefficient (Wildman–Crippen LogP) is 2.44. The van der Waals surface area contributed by atoms with Gasteiger partial charge in [-0.3, -0.25) is 0 Å². The van der Waals surface area contributed by atoms with Crippen molar-refractivity contribution < 1.29 is 13.2 Å². The number of benzene rings is 1. The highest BCUT2D eigenvalue weighted by atomic mass is 19.4. The fraction of sp³-hybridized carbons (Fsp3) is 0.455. The van der Waals surface area contributed by atoms with E-state index in [-0.39, 0.29) is 6.04 Å². The zero-order valence-electron chi connectivity index (χ0n) is 8.80. The molecule has 0 radical (unpaired) electrons. The molecule has 1 rings (SSSR count). The van der Waals surface area contributed by atoms with Crippen molar-refractivity contribution >= 4 is 0 Å². The molecule has 0 amide bonds. The molecule has 0 aliphatic rings. The first-order chi connectivity index (χ1) is 7.45. The van der Waals surface area contributed by atoms with Crippen molar-refractivity contribution in [1.82, 2.24) is 0 Å². The molecule has 0 spiro atoms. The first-order valence-corrected chi connectivity index (χ1v) is 5.08. The zero-order chi connectivity index (χ0) is 12.2. The zero-order valence-corrected chi connectivity index (χ0v) is 8.80. The van der Waals surface area contributed by atoms with Gasteiger partial charge >= 0.3 is 6.18 Å². The van der Waals surface area contributed by atoms with Crippen molar-refractivity contribution in [2.24, 2.45) is 11.5 Å². The Labute approximate surface area is 92.4 Å². The molecule has 0 saturated carbocycles. The summed E-state index contributed by atoms with van der Waals surface area (Å²) in [6.45, 7) is 0.493. The Kier molecular flexibility index (Phi) is 4.32. The Balaban J connectivity index is 2.82. The lowest BCUT2D eigenvalue weighted by Crippen LogP contribution is -2.14. The fourth-order valence-electron chi connectivity index (χ4n) is 1.45. The van der Waals surface area contributed by atoms with E-state index in [0.29, 0.717) is 24.9 Å². The van der Waals surface area contributed by atoms with Crippen molar-refractivity contribution in [3.8, 4) is 0 Å². The van der Waals surface area contributed by atoms with E-state index >= 15 is 0 Å². The highest BCUT2D eigenvalue weighted by molar-refractivity contribution is 5.27. The normalized spacial score (nSPS) is 13.8. The molecule has 0 heterocycles. The van der Waals surface area contributed by atoms with Crippen LogP contribution in [0.5, 0.6) is 0 Å². The van der Waals surface area contributed by atoms with Gasteiger partial charge in [0, 0.05) is 6.04 Å². The van der Waals surface area contributed by atoms with E-state index in [2.05, 4.69) is 0 Å². The second-order valence-electron chi connectivity index (χ2n) is 3.66. The summed E-state index contributed by atoms with van der Waals surface area (Å²) in [4.78, 5) is 0. The molecule has 0 unspecified atom stereocenters. The number of alkyl halides is 3. The standard InChI is InChI=1S/C11H15F3N2/c12-11(13,14)9-4-1-3-8(7-9)10(16)5-2-6-15/h1,3-4,7,10H,2,5-6,15-16H2/t10-/m1/s1. The SMILES string of the molecule is NCCC[C@@H](N)c1cccc(C(F)(F)F)c1. The molecule has 0 aliphatic carbocycles. The number of nitrogens with two attached hydrogens (primary N) is 2. The summed E-state index contributed by atoms with van der Waals surface area (Å²) in [7, 11) is 0. The Morgan fingerprint density at radius 1 is 1.25 bits per heavy atom. The maximum atomic E-state index is 12.4. The summed E-state index contributed by atoms with van der Waals surface area (Å²) < 4.78 is 37.3. The van der Waals surface area contributed by atoms with Crippen LogP contribution >= 0.6 is 0 Å². The topological polar surface area (TPSA) is 52.0 Å².